The van der Waals surface area contributed by atoms with Crippen LogP contribution in [0.1, 0.15) is 32.6 Å². The third kappa shape index (κ3) is 1.15. The van der Waals surface area contributed by atoms with E-state index in [0.717, 1.165) is 5.92 Å². The zero-order valence-corrected chi connectivity index (χ0v) is 7.22. The van der Waals surface area contributed by atoms with E-state index in [4.69, 9.17) is 0 Å². The maximum Gasteiger partial charge on any atom is 0.00668 e. The Morgan fingerprint density at radius 2 is 2.55 bits per heavy atom. The first kappa shape index (κ1) is 7.15. The van der Waals surface area contributed by atoms with Crippen LogP contribution in [0.3, 0.4) is 0 Å². The number of fused-ring (bicyclic) bond motifs is 2. The Bertz CT molecular complexity index is 200. The lowest BCUT2D eigenvalue weighted by molar-refractivity contribution is 0.522. The lowest BCUT2D eigenvalue weighted by atomic mass is 9.87. The summed E-state index contributed by atoms with van der Waals surface area (Å²) < 4.78 is 0. The molecule has 1 fully saturated rings. The summed E-state index contributed by atoms with van der Waals surface area (Å²) >= 11 is 0. The summed E-state index contributed by atoms with van der Waals surface area (Å²) in [6.45, 7) is 2.21. The van der Waals surface area contributed by atoms with Crippen LogP contribution in [0.2, 0.25) is 0 Å². The van der Waals surface area contributed by atoms with Crippen molar-refractivity contribution in [3.63, 3.8) is 0 Å². The van der Waals surface area contributed by atoms with Gasteiger partial charge in [-0.05, 0) is 31.6 Å². The Morgan fingerprint density at radius 1 is 1.64 bits per heavy atom. The van der Waals surface area contributed by atoms with Crippen LogP contribution >= 0.6 is 0 Å². The number of allylic oxidation sites excluding steroid dienone is 4. The van der Waals surface area contributed by atoms with Gasteiger partial charge in [0.2, 0.25) is 0 Å². The average Bonchev–Trinajstić information content (AvgIpc) is 2.60. The maximum absolute atomic E-state index is 2.43. The Labute approximate surface area is 69.0 Å². The van der Waals surface area contributed by atoms with Gasteiger partial charge in [-0.1, -0.05) is 31.2 Å². The predicted molar refractivity (Wildman–Crippen MR) is 48.3 cm³/mol. The van der Waals surface area contributed by atoms with E-state index in [-0.39, 0.29) is 0 Å². The van der Waals surface area contributed by atoms with Gasteiger partial charge < -0.3 is 0 Å². The molecule has 0 N–H and O–H groups in total. The third-order valence-electron chi connectivity index (χ3n) is 3.01. The summed E-state index contributed by atoms with van der Waals surface area (Å²) in [7, 11) is 0. The van der Waals surface area contributed by atoms with E-state index in [1.807, 2.05) is 0 Å². The average molecular weight is 148 g/mol. The minimum absolute atomic E-state index is 0.501. The Morgan fingerprint density at radius 3 is 3.00 bits per heavy atom. The minimum atomic E-state index is 0.501. The van der Waals surface area contributed by atoms with Gasteiger partial charge >= 0.3 is 0 Å². The molecule has 0 heterocycles. The maximum atomic E-state index is 2.43. The first-order valence-corrected chi connectivity index (χ1v) is 4.72. The number of rotatable bonds is 2. The molecule has 2 bridgehead atoms. The molecule has 0 aromatic heterocycles. The Hall–Kier alpha value is -0.520. The highest BCUT2D eigenvalue weighted by atomic mass is 14.4. The van der Waals surface area contributed by atoms with Crippen LogP contribution in [-0.4, -0.2) is 0 Å². The van der Waals surface area contributed by atoms with E-state index in [0.29, 0.717) is 5.41 Å². The van der Waals surface area contributed by atoms with E-state index in [2.05, 4.69) is 31.2 Å². The van der Waals surface area contributed by atoms with Crippen LogP contribution in [0.4, 0.5) is 0 Å². The van der Waals surface area contributed by atoms with E-state index in [1.165, 1.54) is 25.7 Å². The van der Waals surface area contributed by atoms with Crippen molar-refractivity contribution >= 4 is 0 Å². The van der Waals surface area contributed by atoms with Crippen molar-refractivity contribution in [1.29, 1.82) is 0 Å². The van der Waals surface area contributed by atoms with E-state index < -0.39 is 0 Å². The molecule has 0 spiro atoms. The summed E-state index contributed by atoms with van der Waals surface area (Å²) in [6.07, 6.45) is 15.0. The smallest absolute Gasteiger partial charge is 0.00668 e. The van der Waals surface area contributed by atoms with Crippen molar-refractivity contribution in [2.75, 3.05) is 0 Å². The second-order valence-electron chi connectivity index (χ2n) is 3.91. The van der Waals surface area contributed by atoms with Crippen LogP contribution in [-0.2, 0) is 0 Å². The van der Waals surface area contributed by atoms with Gasteiger partial charge in [-0.2, -0.15) is 0 Å². The zero-order valence-electron chi connectivity index (χ0n) is 7.22. The minimum Gasteiger partial charge on any atom is -0.0879 e. The molecule has 0 aliphatic heterocycles. The van der Waals surface area contributed by atoms with Crippen molar-refractivity contribution in [2.24, 2.45) is 11.3 Å². The van der Waals surface area contributed by atoms with Crippen LogP contribution in [0.15, 0.2) is 24.3 Å². The standard InChI is InChI=1S/C11H16/c1-2-3-6-11-7-4-10(9-11)5-8-11/h3-4,6-7,10H,2,5,8-9H2,1H3/b6-3+. The van der Waals surface area contributed by atoms with E-state index in [1.54, 1.807) is 0 Å². The zero-order chi connectivity index (χ0) is 7.73. The quantitative estimate of drug-likeness (QED) is 0.527. The van der Waals surface area contributed by atoms with Gasteiger partial charge in [0.05, 0.1) is 0 Å². The third-order valence-corrected chi connectivity index (χ3v) is 3.01. The Balaban J connectivity index is 2.11. The molecule has 0 nitrogen and oxygen atoms in total. The first-order chi connectivity index (χ1) is 5.35. The lowest BCUT2D eigenvalue weighted by Gasteiger charge is -2.17. The summed E-state index contributed by atoms with van der Waals surface area (Å²) in [5.74, 6) is 0.913. The van der Waals surface area contributed by atoms with E-state index >= 15 is 0 Å². The highest BCUT2D eigenvalue weighted by Gasteiger charge is 2.38. The molecule has 0 aromatic rings. The normalized spacial score (nSPS) is 41.0. The number of hydrogen-bond donors (Lipinski definition) is 0. The molecule has 0 saturated heterocycles. The first-order valence-electron chi connectivity index (χ1n) is 4.72. The molecule has 0 amide bonds. The van der Waals surface area contributed by atoms with Gasteiger partial charge in [0.1, 0.15) is 0 Å². The van der Waals surface area contributed by atoms with Crippen molar-refractivity contribution in [2.45, 2.75) is 32.6 Å². The molecule has 2 atom stereocenters. The molecular weight excluding hydrogens is 132 g/mol. The molecule has 2 rings (SSSR count). The van der Waals surface area contributed by atoms with Gasteiger partial charge in [0, 0.05) is 5.41 Å². The topological polar surface area (TPSA) is 0 Å². The van der Waals surface area contributed by atoms with Crippen LogP contribution in [0, 0.1) is 11.3 Å². The van der Waals surface area contributed by atoms with Gasteiger partial charge in [-0.15, -0.1) is 0 Å². The molecule has 2 unspecified atom stereocenters. The van der Waals surface area contributed by atoms with Crippen LogP contribution in [0.5, 0.6) is 0 Å². The van der Waals surface area contributed by atoms with E-state index in [9.17, 15) is 0 Å². The highest BCUT2D eigenvalue weighted by Crippen LogP contribution is 2.49. The van der Waals surface area contributed by atoms with Crippen molar-refractivity contribution in [3.8, 4) is 0 Å². The molecule has 2 aliphatic rings. The van der Waals surface area contributed by atoms with Gasteiger partial charge in [0.25, 0.3) is 0 Å². The second kappa shape index (κ2) is 2.51. The molecule has 1 saturated carbocycles. The van der Waals surface area contributed by atoms with Gasteiger partial charge in [-0.25, -0.2) is 0 Å². The largest absolute Gasteiger partial charge is 0.0879 e. The molecule has 0 radical (unpaired) electrons. The molecule has 60 valence electrons. The fourth-order valence-corrected chi connectivity index (χ4v) is 2.35. The van der Waals surface area contributed by atoms with Crippen LogP contribution in [0.25, 0.3) is 0 Å². The summed E-state index contributed by atoms with van der Waals surface area (Å²) in [6, 6.07) is 0. The summed E-state index contributed by atoms with van der Waals surface area (Å²) in [4.78, 5) is 0. The highest BCUT2D eigenvalue weighted by molar-refractivity contribution is 5.22. The molecular formula is C11H16. The van der Waals surface area contributed by atoms with Gasteiger partial charge in [0.15, 0.2) is 0 Å². The SMILES string of the molecule is CC/C=C/C12C=CC(CC1)C2. The molecule has 0 aromatic carbocycles. The number of hydrogen-bond acceptors (Lipinski definition) is 0. The van der Waals surface area contributed by atoms with Gasteiger partial charge in [-0.3, -0.25) is 0 Å². The molecule has 0 heteroatoms. The fourth-order valence-electron chi connectivity index (χ4n) is 2.35. The van der Waals surface area contributed by atoms with Crippen LogP contribution < -0.4 is 0 Å². The Kier molecular flexibility index (Phi) is 1.63. The second-order valence-corrected chi connectivity index (χ2v) is 3.91. The van der Waals surface area contributed by atoms with Crippen molar-refractivity contribution in [1.82, 2.24) is 0 Å². The monoisotopic (exact) mass is 148 g/mol. The summed E-state index contributed by atoms with van der Waals surface area (Å²) in [5.41, 5.74) is 0.501. The van der Waals surface area contributed by atoms with Crippen molar-refractivity contribution < 1.29 is 0 Å². The fraction of sp³-hybridized carbons (Fsp3) is 0.636. The predicted octanol–water partition coefficient (Wildman–Crippen LogP) is 3.31. The summed E-state index contributed by atoms with van der Waals surface area (Å²) in [5, 5.41) is 0. The molecule has 2 aliphatic carbocycles. The van der Waals surface area contributed by atoms with Crippen molar-refractivity contribution in [3.05, 3.63) is 24.3 Å². The molecule has 11 heavy (non-hydrogen) atoms. The lowest BCUT2D eigenvalue weighted by Crippen LogP contribution is -2.06.